The van der Waals surface area contributed by atoms with Crippen molar-refractivity contribution in [2.45, 2.75) is 164 Å². The molecule has 8 nitrogen and oxygen atoms in total. The molecule has 1 N–H and O–H groups in total. The van der Waals surface area contributed by atoms with Gasteiger partial charge >= 0.3 is 11.9 Å². The van der Waals surface area contributed by atoms with Crippen LogP contribution in [0.25, 0.3) is 0 Å². The molecule has 11 atom stereocenters. The third-order valence-corrected chi connectivity index (χ3v) is 19.2. The van der Waals surface area contributed by atoms with Crippen molar-refractivity contribution in [2.24, 2.45) is 68.0 Å². The van der Waals surface area contributed by atoms with E-state index >= 15 is 4.79 Å². The van der Waals surface area contributed by atoms with E-state index < -0.39 is 22.7 Å². The number of carboxylic acids is 1. The predicted molar refractivity (Wildman–Crippen MR) is 213 cm³/mol. The molecular formula is C47H72N2O6. The monoisotopic (exact) mass is 761 g/mol. The van der Waals surface area contributed by atoms with E-state index in [0.717, 1.165) is 96.0 Å². The van der Waals surface area contributed by atoms with Gasteiger partial charge in [-0.25, -0.2) is 0 Å². The number of hydrogen-bond donors (Lipinski definition) is 1. The van der Waals surface area contributed by atoms with Gasteiger partial charge in [-0.05, 0) is 153 Å². The minimum absolute atomic E-state index is 0.0162. The number of likely N-dealkylation sites (tertiary alicyclic amines) is 2. The molecule has 8 rings (SSSR count). The molecule has 2 heterocycles. The normalized spacial score (nSPS) is 44.7. The number of carbonyl (C=O) groups is 4. The molecule has 8 heteroatoms. The van der Waals surface area contributed by atoms with Gasteiger partial charge in [0.25, 0.3) is 0 Å². The van der Waals surface area contributed by atoms with Gasteiger partial charge in [0.2, 0.25) is 5.91 Å². The van der Waals surface area contributed by atoms with E-state index in [0.29, 0.717) is 24.7 Å². The van der Waals surface area contributed by atoms with Crippen LogP contribution in [-0.2, 0) is 23.9 Å². The van der Waals surface area contributed by atoms with Crippen LogP contribution in [0.4, 0.5) is 0 Å². The lowest BCUT2D eigenvalue weighted by molar-refractivity contribution is -0.236. The second-order valence-electron chi connectivity index (χ2n) is 22.4. The second kappa shape index (κ2) is 13.1. The summed E-state index contributed by atoms with van der Waals surface area (Å²) in [6, 6.07) is 0.260. The molecule has 1 unspecified atom stereocenters. The minimum atomic E-state index is -0.823. The van der Waals surface area contributed by atoms with Crippen LogP contribution in [0.5, 0.6) is 0 Å². The number of allylic oxidation sites excluding steroid dienone is 1. The van der Waals surface area contributed by atoms with Crippen molar-refractivity contribution >= 4 is 23.6 Å². The number of rotatable bonds is 7. The SMILES string of the molecule is CC(C)C1=C2[C@H]3CC[C@@H]4[C@@]5(C)CC[C@H](OC(=O)[C@H]6C[C@@H](C(=O)O)C6(C)C)C(C)(C)[C@@H]5CC[C@@]4(C)[C@]3(C)CC[C@@]2(C(=O)N2CCCC2CN2CCCC2)CC1=O. The lowest BCUT2D eigenvalue weighted by atomic mass is 9.33. The molecule has 1 amide bonds. The van der Waals surface area contributed by atoms with Gasteiger partial charge in [-0.15, -0.1) is 0 Å². The molecule has 55 heavy (non-hydrogen) atoms. The number of Topliss-reactive ketones (excluding diaryl/α,β-unsaturated/α-hetero) is 1. The molecule has 6 aliphatic carbocycles. The fraction of sp³-hybridized carbons (Fsp3) is 0.872. The third-order valence-electron chi connectivity index (χ3n) is 19.2. The van der Waals surface area contributed by atoms with Crippen LogP contribution in [0.2, 0.25) is 0 Å². The lowest BCUT2D eigenvalue weighted by Gasteiger charge is -2.72. The first-order valence-corrected chi connectivity index (χ1v) is 22.5. The van der Waals surface area contributed by atoms with E-state index in [9.17, 15) is 19.5 Å². The summed E-state index contributed by atoms with van der Waals surface area (Å²) in [6.07, 6.45) is 13.1. The first kappa shape index (κ1) is 39.6. The number of carboxylic acid groups (broad SMARTS) is 1. The molecule has 8 aliphatic rings. The zero-order valence-corrected chi connectivity index (χ0v) is 35.7. The van der Waals surface area contributed by atoms with Crippen molar-refractivity contribution in [1.29, 1.82) is 0 Å². The van der Waals surface area contributed by atoms with E-state index in [-0.39, 0.29) is 69.2 Å². The smallest absolute Gasteiger partial charge is 0.309 e. The molecule has 0 aromatic rings. The van der Waals surface area contributed by atoms with Crippen molar-refractivity contribution in [1.82, 2.24) is 9.80 Å². The van der Waals surface area contributed by atoms with Crippen molar-refractivity contribution in [3.05, 3.63) is 11.1 Å². The molecule has 0 aromatic heterocycles. The Morgan fingerprint density at radius 2 is 1.49 bits per heavy atom. The van der Waals surface area contributed by atoms with Gasteiger partial charge in [0.05, 0.1) is 17.3 Å². The summed E-state index contributed by atoms with van der Waals surface area (Å²) in [5.41, 5.74) is 0.908. The van der Waals surface area contributed by atoms with Gasteiger partial charge < -0.3 is 19.6 Å². The number of fused-ring (bicyclic) bond motifs is 7. The summed E-state index contributed by atoms with van der Waals surface area (Å²) in [6.45, 7) is 24.6. The number of ether oxygens (including phenoxy) is 1. The molecular weight excluding hydrogens is 689 g/mol. The maximum atomic E-state index is 15.3. The summed E-state index contributed by atoms with van der Waals surface area (Å²) in [7, 11) is 0. The minimum Gasteiger partial charge on any atom is -0.481 e. The number of carbonyl (C=O) groups excluding carboxylic acids is 3. The van der Waals surface area contributed by atoms with E-state index in [1.54, 1.807) is 0 Å². The molecule has 0 bridgehead atoms. The van der Waals surface area contributed by atoms with E-state index in [1.807, 2.05) is 13.8 Å². The summed E-state index contributed by atoms with van der Waals surface area (Å²) in [4.78, 5) is 59.8. The molecule has 5 saturated carbocycles. The maximum Gasteiger partial charge on any atom is 0.309 e. The van der Waals surface area contributed by atoms with E-state index in [1.165, 1.54) is 18.4 Å². The fourth-order valence-electron chi connectivity index (χ4n) is 15.9. The Morgan fingerprint density at radius 1 is 0.782 bits per heavy atom. The maximum absolute atomic E-state index is 15.3. The molecule has 2 aliphatic heterocycles. The van der Waals surface area contributed by atoms with Crippen molar-refractivity contribution in [2.75, 3.05) is 26.2 Å². The number of hydrogen-bond acceptors (Lipinski definition) is 6. The van der Waals surface area contributed by atoms with Gasteiger partial charge in [-0.1, -0.05) is 62.3 Å². The Labute approximate surface area is 331 Å². The Hall–Kier alpha value is -2.22. The zero-order valence-electron chi connectivity index (χ0n) is 35.7. The van der Waals surface area contributed by atoms with Crippen molar-refractivity contribution < 1.29 is 29.0 Å². The average Bonchev–Trinajstić information content (AvgIpc) is 3.85. The van der Waals surface area contributed by atoms with Gasteiger partial charge in [0.1, 0.15) is 6.10 Å². The zero-order chi connectivity index (χ0) is 39.7. The number of esters is 1. The fourth-order valence-corrected chi connectivity index (χ4v) is 15.9. The topological polar surface area (TPSA) is 104 Å². The van der Waals surface area contributed by atoms with Crippen molar-refractivity contribution in [3.8, 4) is 0 Å². The first-order chi connectivity index (χ1) is 25.7. The summed E-state index contributed by atoms with van der Waals surface area (Å²) >= 11 is 0. The van der Waals surface area contributed by atoms with E-state index in [2.05, 4.69) is 58.3 Å². The van der Waals surface area contributed by atoms with Gasteiger partial charge in [-0.2, -0.15) is 0 Å². The van der Waals surface area contributed by atoms with Gasteiger partial charge in [-0.3, -0.25) is 19.2 Å². The molecule has 0 spiro atoms. The highest BCUT2D eigenvalue weighted by molar-refractivity contribution is 6.07. The number of nitrogens with zero attached hydrogens (tertiary/aromatic N) is 2. The molecule has 2 saturated heterocycles. The summed E-state index contributed by atoms with van der Waals surface area (Å²) in [5.74, 6) is -0.156. The highest BCUT2D eigenvalue weighted by Gasteiger charge is 2.71. The van der Waals surface area contributed by atoms with Gasteiger partial charge in [0, 0.05) is 31.0 Å². The Balaban J connectivity index is 1.06. The van der Waals surface area contributed by atoms with Crippen LogP contribution in [0.3, 0.4) is 0 Å². The molecule has 0 aromatic carbocycles. The highest BCUT2D eigenvalue weighted by Crippen LogP contribution is 2.77. The van der Waals surface area contributed by atoms with Crippen LogP contribution < -0.4 is 0 Å². The predicted octanol–water partition coefficient (Wildman–Crippen LogP) is 8.71. The summed E-state index contributed by atoms with van der Waals surface area (Å²) < 4.78 is 6.44. The molecule has 306 valence electrons. The highest BCUT2D eigenvalue weighted by atomic mass is 16.5. The van der Waals surface area contributed by atoms with Crippen LogP contribution >= 0.6 is 0 Å². The third kappa shape index (κ3) is 5.50. The Morgan fingerprint density at radius 3 is 2.15 bits per heavy atom. The average molecular weight is 761 g/mol. The first-order valence-electron chi connectivity index (χ1n) is 22.5. The molecule has 7 fully saturated rings. The van der Waals surface area contributed by atoms with Crippen LogP contribution in [-0.4, -0.2) is 76.9 Å². The number of amides is 1. The van der Waals surface area contributed by atoms with E-state index in [4.69, 9.17) is 4.74 Å². The largest absolute Gasteiger partial charge is 0.481 e. The Bertz CT molecular complexity index is 1660. The number of ketones is 1. The lowest BCUT2D eigenvalue weighted by Crippen LogP contribution is -2.66. The van der Waals surface area contributed by atoms with Crippen molar-refractivity contribution in [3.63, 3.8) is 0 Å². The van der Waals surface area contributed by atoms with Crippen LogP contribution in [0.15, 0.2) is 11.1 Å². The summed E-state index contributed by atoms with van der Waals surface area (Å²) in [5, 5.41) is 9.68. The standard InChI is InChI=1S/C47H72N2O6/c1-28(2)37-33(50)26-47(41(54)49-24-12-13-29(49)27-48-22-10-11-23-48)21-20-45(8)30(38(37)47)14-15-35-44(7)18-17-36(43(5,6)34(44)16-19-46(35,45)9)55-40(53)32-25-31(39(51)52)42(32,3)4/h28-32,34-36H,10-27H2,1-9H3,(H,51,52)/t29?,30-,31+,32-,34+,35-,36+,44+,45-,46-,47-/m1/s1. The van der Waals surface area contributed by atoms with Gasteiger partial charge in [0.15, 0.2) is 5.78 Å². The van der Waals surface area contributed by atoms with Crippen LogP contribution in [0, 0.1) is 68.0 Å². The second-order valence-corrected chi connectivity index (χ2v) is 22.4. The number of aliphatic carboxylic acids is 1. The Kier molecular flexibility index (Phi) is 9.46. The quantitative estimate of drug-likeness (QED) is 0.259. The van der Waals surface area contributed by atoms with Crippen LogP contribution in [0.1, 0.15) is 152 Å². The molecule has 0 radical (unpaired) electrons.